The SMILES string of the molecule is CN(C)Cc1ccc(-c2cccc(CN(C)Cc3ccc4c(c3)-c3ccc(CN(C)C)cc3C4)c2)cc1. The van der Waals surface area contributed by atoms with Gasteiger partial charge in [0.25, 0.3) is 0 Å². The highest BCUT2D eigenvalue weighted by Crippen LogP contribution is 2.38. The van der Waals surface area contributed by atoms with Crippen LogP contribution in [-0.2, 0) is 32.6 Å². The average Bonchev–Trinajstić information content (AvgIpc) is 3.21. The van der Waals surface area contributed by atoms with Gasteiger partial charge in [-0.15, -0.1) is 0 Å². The van der Waals surface area contributed by atoms with Gasteiger partial charge >= 0.3 is 0 Å². The predicted molar refractivity (Wildman–Crippen MR) is 157 cm³/mol. The van der Waals surface area contributed by atoms with Gasteiger partial charge in [0.1, 0.15) is 0 Å². The van der Waals surface area contributed by atoms with E-state index in [9.17, 15) is 0 Å². The van der Waals surface area contributed by atoms with Gasteiger partial charge in [0, 0.05) is 26.2 Å². The first-order chi connectivity index (χ1) is 17.8. The van der Waals surface area contributed by atoms with Crippen molar-refractivity contribution >= 4 is 0 Å². The van der Waals surface area contributed by atoms with Gasteiger partial charge in [-0.05, 0) is 109 Å². The molecular weight excluding hydrogens is 450 g/mol. The van der Waals surface area contributed by atoms with Gasteiger partial charge in [0.05, 0.1) is 0 Å². The molecule has 0 radical (unpaired) electrons. The molecule has 0 aliphatic heterocycles. The van der Waals surface area contributed by atoms with E-state index in [1.54, 1.807) is 0 Å². The van der Waals surface area contributed by atoms with Crippen LogP contribution in [0.15, 0.2) is 84.9 Å². The van der Waals surface area contributed by atoms with Crippen molar-refractivity contribution < 1.29 is 0 Å². The second-order valence-electron chi connectivity index (χ2n) is 11.2. The molecule has 0 saturated heterocycles. The molecule has 3 nitrogen and oxygen atoms in total. The molecule has 0 aromatic heterocycles. The van der Waals surface area contributed by atoms with E-state index in [4.69, 9.17) is 0 Å². The van der Waals surface area contributed by atoms with Crippen LogP contribution in [0.1, 0.15) is 33.4 Å². The first-order valence-corrected chi connectivity index (χ1v) is 13.2. The van der Waals surface area contributed by atoms with E-state index < -0.39 is 0 Å². The Morgan fingerprint density at radius 2 is 1.11 bits per heavy atom. The Balaban J connectivity index is 1.26. The molecule has 1 aliphatic carbocycles. The number of fused-ring (bicyclic) bond motifs is 3. The molecule has 4 aromatic rings. The van der Waals surface area contributed by atoms with Gasteiger partial charge in [-0.3, -0.25) is 4.90 Å². The van der Waals surface area contributed by atoms with Gasteiger partial charge in [0.2, 0.25) is 0 Å². The van der Waals surface area contributed by atoms with Crippen molar-refractivity contribution in [3.8, 4) is 22.3 Å². The van der Waals surface area contributed by atoms with Gasteiger partial charge < -0.3 is 9.80 Å². The minimum atomic E-state index is 0.925. The summed E-state index contributed by atoms with van der Waals surface area (Å²) >= 11 is 0. The third-order valence-electron chi connectivity index (χ3n) is 7.13. The van der Waals surface area contributed by atoms with Crippen LogP contribution in [0.25, 0.3) is 22.3 Å². The third-order valence-corrected chi connectivity index (χ3v) is 7.13. The molecule has 5 rings (SSSR count). The van der Waals surface area contributed by atoms with Gasteiger partial charge in [0.15, 0.2) is 0 Å². The molecule has 4 aromatic carbocycles. The van der Waals surface area contributed by atoms with Crippen molar-refractivity contribution in [2.24, 2.45) is 0 Å². The quantitative estimate of drug-likeness (QED) is 0.229. The Hall–Kier alpha value is -3.24. The largest absolute Gasteiger partial charge is 0.305 e. The highest BCUT2D eigenvalue weighted by atomic mass is 15.1. The lowest BCUT2D eigenvalue weighted by atomic mass is 10.0. The Labute approximate surface area is 223 Å². The standard InChI is InChI=1S/C34H39N3/c1-35(2)21-25-9-13-29(14-10-25)30-8-6-7-26(17-30)23-37(5)24-28-11-15-31-20-32-18-27(22-36(3)4)12-16-33(32)34(31)19-28/h6-19H,20-24H2,1-5H3. The molecule has 0 N–H and O–H groups in total. The molecule has 1 aliphatic rings. The zero-order valence-corrected chi connectivity index (χ0v) is 23.0. The topological polar surface area (TPSA) is 9.72 Å². The summed E-state index contributed by atoms with van der Waals surface area (Å²) < 4.78 is 0. The maximum atomic E-state index is 2.41. The van der Waals surface area contributed by atoms with E-state index in [0.29, 0.717) is 0 Å². The van der Waals surface area contributed by atoms with Crippen LogP contribution in [0.2, 0.25) is 0 Å². The summed E-state index contributed by atoms with van der Waals surface area (Å²) in [5.74, 6) is 0. The molecular formula is C34H39N3. The maximum absolute atomic E-state index is 2.41. The lowest BCUT2D eigenvalue weighted by Crippen LogP contribution is -2.17. The summed E-state index contributed by atoms with van der Waals surface area (Å²) in [6.45, 7) is 3.82. The molecule has 0 amide bonds. The summed E-state index contributed by atoms with van der Waals surface area (Å²) in [6, 6.07) is 32.0. The second-order valence-corrected chi connectivity index (χ2v) is 11.2. The van der Waals surface area contributed by atoms with Crippen LogP contribution in [0.3, 0.4) is 0 Å². The molecule has 0 spiro atoms. The summed E-state index contributed by atoms with van der Waals surface area (Å²) in [5, 5.41) is 0. The zero-order chi connectivity index (χ0) is 25.9. The molecule has 0 bridgehead atoms. The lowest BCUT2D eigenvalue weighted by Gasteiger charge is -2.18. The highest BCUT2D eigenvalue weighted by molar-refractivity contribution is 5.77. The molecule has 3 heteroatoms. The summed E-state index contributed by atoms with van der Waals surface area (Å²) in [6.07, 6.45) is 1.05. The van der Waals surface area contributed by atoms with Crippen molar-refractivity contribution in [1.82, 2.24) is 14.7 Å². The smallest absolute Gasteiger partial charge is 0.0234 e. The van der Waals surface area contributed by atoms with Crippen LogP contribution in [0, 0.1) is 0 Å². The fourth-order valence-electron chi connectivity index (χ4n) is 5.55. The first kappa shape index (κ1) is 25.4. The Kier molecular flexibility index (Phi) is 7.57. The molecule has 0 saturated carbocycles. The molecule has 190 valence electrons. The average molecular weight is 490 g/mol. The van der Waals surface area contributed by atoms with Gasteiger partial charge in [-0.25, -0.2) is 0 Å². The van der Waals surface area contributed by atoms with E-state index in [1.807, 2.05) is 0 Å². The number of rotatable bonds is 9. The number of hydrogen-bond acceptors (Lipinski definition) is 3. The van der Waals surface area contributed by atoms with Crippen LogP contribution in [-0.4, -0.2) is 49.9 Å². The summed E-state index contributed by atoms with van der Waals surface area (Å²) in [4.78, 5) is 6.85. The molecule has 37 heavy (non-hydrogen) atoms. The Morgan fingerprint density at radius 3 is 1.84 bits per heavy atom. The summed E-state index contributed by atoms with van der Waals surface area (Å²) in [5.41, 5.74) is 13.8. The van der Waals surface area contributed by atoms with Crippen molar-refractivity contribution in [3.63, 3.8) is 0 Å². The zero-order valence-electron chi connectivity index (χ0n) is 23.0. The van der Waals surface area contributed by atoms with E-state index >= 15 is 0 Å². The van der Waals surface area contributed by atoms with Crippen molar-refractivity contribution in [2.45, 2.75) is 32.6 Å². The number of benzene rings is 4. The summed E-state index contributed by atoms with van der Waals surface area (Å²) in [7, 11) is 10.7. The van der Waals surface area contributed by atoms with Crippen LogP contribution < -0.4 is 0 Å². The normalized spacial score (nSPS) is 12.4. The van der Waals surface area contributed by atoms with Crippen LogP contribution >= 0.6 is 0 Å². The van der Waals surface area contributed by atoms with E-state index in [-0.39, 0.29) is 0 Å². The van der Waals surface area contributed by atoms with Crippen LogP contribution in [0.4, 0.5) is 0 Å². The fraction of sp³-hybridized carbons (Fsp3) is 0.294. The van der Waals surface area contributed by atoms with E-state index in [1.165, 1.54) is 55.6 Å². The predicted octanol–water partition coefficient (Wildman–Crippen LogP) is 6.68. The number of nitrogens with zero attached hydrogens (tertiary/aromatic N) is 3. The van der Waals surface area contributed by atoms with Crippen LogP contribution in [0.5, 0.6) is 0 Å². The van der Waals surface area contributed by atoms with E-state index in [0.717, 1.165) is 32.6 Å². The van der Waals surface area contributed by atoms with Gasteiger partial charge in [-0.2, -0.15) is 0 Å². The number of hydrogen-bond donors (Lipinski definition) is 0. The Bertz CT molecular complexity index is 1370. The molecule has 0 atom stereocenters. The molecule has 0 heterocycles. The maximum Gasteiger partial charge on any atom is 0.0234 e. The minimum absolute atomic E-state index is 0.925. The molecule has 0 fully saturated rings. The lowest BCUT2D eigenvalue weighted by molar-refractivity contribution is 0.319. The third kappa shape index (κ3) is 6.19. The van der Waals surface area contributed by atoms with E-state index in [2.05, 4.69) is 135 Å². The Morgan fingerprint density at radius 1 is 0.486 bits per heavy atom. The fourth-order valence-corrected chi connectivity index (χ4v) is 5.55. The monoisotopic (exact) mass is 489 g/mol. The first-order valence-electron chi connectivity index (χ1n) is 13.2. The molecule has 0 unspecified atom stereocenters. The van der Waals surface area contributed by atoms with Crippen molar-refractivity contribution in [1.29, 1.82) is 0 Å². The highest BCUT2D eigenvalue weighted by Gasteiger charge is 2.19. The van der Waals surface area contributed by atoms with Crippen molar-refractivity contribution in [2.75, 3.05) is 35.2 Å². The van der Waals surface area contributed by atoms with Crippen molar-refractivity contribution in [3.05, 3.63) is 118 Å². The van der Waals surface area contributed by atoms with Gasteiger partial charge in [-0.1, -0.05) is 72.8 Å². The second kappa shape index (κ2) is 11.0. The minimum Gasteiger partial charge on any atom is -0.305 e.